The van der Waals surface area contributed by atoms with Gasteiger partial charge < -0.3 is 14.8 Å². The van der Waals surface area contributed by atoms with Crippen molar-refractivity contribution < 1.29 is 9.47 Å². The third-order valence-corrected chi connectivity index (χ3v) is 4.68. The number of ether oxygens (including phenoxy) is 2. The Morgan fingerprint density at radius 2 is 1.95 bits per heavy atom. The highest BCUT2D eigenvalue weighted by molar-refractivity contribution is 5.45. The zero-order valence-corrected chi connectivity index (χ0v) is 13.4. The first-order chi connectivity index (χ1) is 9.55. The van der Waals surface area contributed by atoms with Crippen molar-refractivity contribution in [1.82, 2.24) is 5.32 Å². The molecule has 0 bridgehead atoms. The van der Waals surface area contributed by atoms with Gasteiger partial charge in [0.25, 0.3) is 0 Å². The van der Waals surface area contributed by atoms with Crippen molar-refractivity contribution in [2.75, 3.05) is 21.3 Å². The number of rotatable bonds is 6. The summed E-state index contributed by atoms with van der Waals surface area (Å²) in [4.78, 5) is 0. The van der Waals surface area contributed by atoms with Crippen LogP contribution in [0.5, 0.6) is 5.75 Å². The summed E-state index contributed by atoms with van der Waals surface area (Å²) in [5, 5.41) is 3.45. The smallest absolute Gasteiger partial charge is 0.124 e. The van der Waals surface area contributed by atoms with Gasteiger partial charge in [-0.1, -0.05) is 6.07 Å². The van der Waals surface area contributed by atoms with E-state index in [4.69, 9.17) is 9.47 Å². The van der Waals surface area contributed by atoms with Crippen LogP contribution < -0.4 is 10.1 Å². The fourth-order valence-corrected chi connectivity index (χ4v) is 3.34. The molecular formula is C17H27NO2. The topological polar surface area (TPSA) is 30.5 Å². The van der Waals surface area contributed by atoms with E-state index in [1.165, 1.54) is 23.1 Å². The highest BCUT2D eigenvalue weighted by Gasteiger charge is 2.39. The van der Waals surface area contributed by atoms with Gasteiger partial charge in [-0.15, -0.1) is 0 Å². The van der Waals surface area contributed by atoms with Crippen LogP contribution >= 0.6 is 0 Å². The van der Waals surface area contributed by atoms with Gasteiger partial charge in [0.05, 0.1) is 12.7 Å². The summed E-state index contributed by atoms with van der Waals surface area (Å²) < 4.78 is 11.4. The van der Waals surface area contributed by atoms with Crippen molar-refractivity contribution in [3.05, 3.63) is 28.8 Å². The SMILES string of the molecule is CNC(CC1(OC)CCC1)c1c(C)cc(C)cc1OC. The van der Waals surface area contributed by atoms with E-state index in [1.807, 2.05) is 14.2 Å². The molecule has 1 N–H and O–H groups in total. The summed E-state index contributed by atoms with van der Waals surface area (Å²) >= 11 is 0. The molecule has 1 aliphatic carbocycles. The van der Waals surface area contributed by atoms with E-state index in [1.54, 1.807) is 7.11 Å². The first kappa shape index (κ1) is 15.3. The summed E-state index contributed by atoms with van der Waals surface area (Å²) in [5.41, 5.74) is 3.84. The quantitative estimate of drug-likeness (QED) is 0.863. The van der Waals surface area contributed by atoms with E-state index in [-0.39, 0.29) is 11.6 Å². The Morgan fingerprint density at radius 1 is 1.25 bits per heavy atom. The summed E-state index contributed by atoms with van der Waals surface area (Å²) in [5.74, 6) is 0.979. The molecule has 0 heterocycles. The summed E-state index contributed by atoms with van der Waals surface area (Å²) in [6.07, 6.45) is 4.60. The molecule has 1 aromatic rings. The molecular weight excluding hydrogens is 250 g/mol. The van der Waals surface area contributed by atoms with Gasteiger partial charge in [0.2, 0.25) is 0 Å². The maximum Gasteiger partial charge on any atom is 0.124 e. The molecule has 112 valence electrons. The minimum absolute atomic E-state index is 0.0516. The molecule has 0 aromatic heterocycles. The third kappa shape index (κ3) is 2.84. The average molecular weight is 277 g/mol. The lowest BCUT2D eigenvalue weighted by Gasteiger charge is -2.43. The van der Waals surface area contributed by atoms with Crippen LogP contribution in [0.2, 0.25) is 0 Å². The van der Waals surface area contributed by atoms with Crippen LogP contribution in [0.25, 0.3) is 0 Å². The first-order valence-electron chi connectivity index (χ1n) is 7.43. The summed E-state index contributed by atoms with van der Waals surface area (Å²) in [7, 11) is 5.61. The molecule has 1 atom stereocenters. The second-order valence-corrected chi connectivity index (χ2v) is 5.98. The van der Waals surface area contributed by atoms with E-state index < -0.39 is 0 Å². The molecule has 20 heavy (non-hydrogen) atoms. The van der Waals surface area contributed by atoms with Crippen molar-refractivity contribution in [3.8, 4) is 5.75 Å². The Hall–Kier alpha value is -1.06. The Balaban J connectivity index is 2.31. The van der Waals surface area contributed by atoms with Gasteiger partial charge in [-0.05, 0) is 63.8 Å². The van der Waals surface area contributed by atoms with Crippen molar-refractivity contribution >= 4 is 0 Å². The minimum atomic E-state index is 0.0516. The molecule has 0 spiro atoms. The van der Waals surface area contributed by atoms with Crippen LogP contribution in [0.1, 0.15) is 48.4 Å². The third-order valence-electron chi connectivity index (χ3n) is 4.68. The number of methoxy groups -OCH3 is 2. The average Bonchev–Trinajstić information content (AvgIpc) is 2.39. The highest BCUT2D eigenvalue weighted by atomic mass is 16.5. The fourth-order valence-electron chi connectivity index (χ4n) is 3.34. The van der Waals surface area contributed by atoms with Crippen molar-refractivity contribution in [2.24, 2.45) is 0 Å². The predicted octanol–water partition coefficient (Wildman–Crippen LogP) is 3.53. The molecule has 1 aliphatic rings. The zero-order valence-electron chi connectivity index (χ0n) is 13.4. The van der Waals surface area contributed by atoms with E-state index in [2.05, 4.69) is 31.3 Å². The maximum absolute atomic E-state index is 5.78. The molecule has 1 unspecified atom stereocenters. The molecule has 0 aliphatic heterocycles. The molecule has 1 saturated carbocycles. The van der Waals surface area contributed by atoms with Crippen LogP contribution in [0.4, 0.5) is 0 Å². The number of benzene rings is 1. The van der Waals surface area contributed by atoms with Crippen LogP contribution in [0.3, 0.4) is 0 Å². The second kappa shape index (κ2) is 6.15. The van der Waals surface area contributed by atoms with Gasteiger partial charge in [-0.3, -0.25) is 0 Å². The van der Waals surface area contributed by atoms with E-state index in [9.17, 15) is 0 Å². The van der Waals surface area contributed by atoms with Crippen LogP contribution in [0, 0.1) is 13.8 Å². The van der Waals surface area contributed by atoms with E-state index >= 15 is 0 Å². The predicted molar refractivity (Wildman–Crippen MR) is 82.5 cm³/mol. The van der Waals surface area contributed by atoms with Gasteiger partial charge >= 0.3 is 0 Å². The van der Waals surface area contributed by atoms with Crippen LogP contribution in [-0.2, 0) is 4.74 Å². The molecule has 0 saturated heterocycles. The fraction of sp³-hybridized carbons (Fsp3) is 0.647. The monoisotopic (exact) mass is 277 g/mol. The summed E-state index contributed by atoms with van der Waals surface area (Å²) in [6.45, 7) is 4.27. The molecule has 0 radical (unpaired) electrons. The normalized spacial score (nSPS) is 18.4. The Labute approximate surface area is 122 Å². The minimum Gasteiger partial charge on any atom is -0.496 e. The first-order valence-corrected chi connectivity index (χ1v) is 7.43. The van der Waals surface area contributed by atoms with Crippen molar-refractivity contribution in [2.45, 2.75) is 51.2 Å². The Morgan fingerprint density at radius 3 is 2.40 bits per heavy atom. The number of hydrogen-bond acceptors (Lipinski definition) is 3. The molecule has 0 amide bonds. The number of aryl methyl sites for hydroxylation is 2. The Kier molecular flexibility index (Phi) is 4.71. The van der Waals surface area contributed by atoms with Gasteiger partial charge in [0.1, 0.15) is 5.75 Å². The van der Waals surface area contributed by atoms with Gasteiger partial charge in [0, 0.05) is 18.7 Å². The standard InChI is InChI=1S/C17H27NO2/c1-12-9-13(2)16(15(10-12)19-4)14(18-3)11-17(20-5)7-6-8-17/h9-10,14,18H,6-8,11H2,1-5H3. The summed E-state index contributed by atoms with van der Waals surface area (Å²) in [6, 6.07) is 4.61. The molecule has 2 rings (SSSR count). The van der Waals surface area contributed by atoms with Crippen LogP contribution in [-0.4, -0.2) is 26.9 Å². The van der Waals surface area contributed by atoms with Gasteiger partial charge in [-0.2, -0.15) is 0 Å². The Bertz CT molecular complexity index is 461. The highest BCUT2D eigenvalue weighted by Crippen LogP contribution is 2.43. The maximum atomic E-state index is 5.78. The lowest BCUT2D eigenvalue weighted by atomic mass is 9.74. The van der Waals surface area contributed by atoms with Gasteiger partial charge in [0.15, 0.2) is 0 Å². The van der Waals surface area contributed by atoms with Crippen molar-refractivity contribution in [1.29, 1.82) is 0 Å². The van der Waals surface area contributed by atoms with Crippen molar-refractivity contribution in [3.63, 3.8) is 0 Å². The van der Waals surface area contributed by atoms with Gasteiger partial charge in [-0.25, -0.2) is 0 Å². The lowest BCUT2D eigenvalue weighted by Crippen LogP contribution is -2.42. The van der Waals surface area contributed by atoms with E-state index in [0.717, 1.165) is 25.0 Å². The van der Waals surface area contributed by atoms with Crippen LogP contribution in [0.15, 0.2) is 12.1 Å². The molecule has 3 heteroatoms. The number of hydrogen-bond donors (Lipinski definition) is 1. The zero-order chi connectivity index (χ0) is 14.8. The van der Waals surface area contributed by atoms with E-state index in [0.29, 0.717) is 0 Å². The molecule has 3 nitrogen and oxygen atoms in total. The molecule has 1 fully saturated rings. The largest absolute Gasteiger partial charge is 0.496 e. The lowest BCUT2D eigenvalue weighted by molar-refractivity contribution is -0.0835. The number of nitrogens with one attached hydrogen (secondary N) is 1. The second-order valence-electron chi connectivity index (χ2n) is 5.98. The molecule has 1 aromatic carbocycles.